The molecule has 1 heterocycles. The van der Waals surface area contributed by atoms with E-state index in [0.29, 0.717) is 19.0 Å². The average molecular weight is 394 g/mol. The Morgan fingerprint density at radius 1 is 1.21 bits per heavy atom. The van der Waals surface area contributed by atoms with E-state index in [1.54, 1.807) is 6.07 Å². The molecule has 5 heteroatoms. The fourth-order valence-electron chi connectivity index (χ4n) is 4.22. The number of anilines is 1. The highest BCUT2D eigenvalue weighted by molar-refractivity contribution is 5.89. The molecular weight excluding hydrogens is 367 g/mol. The molecule has 0 atom stereocenters. The molecule has 2 aliphatic rings. The zero-order valence-corrected chi connectivity index (χ0v) is 16.8. The molecule has 152 valence electrons. The predicted molar refractivity (Wildman–Crippen MR) is 114 cm³/mol. The maximum atomic E-state index is 13.5. The number of ether oxygens (including phenoxy) is 1. The van der Waals surface area contributed by atoms with Crippen LogP contribution in [0.3, 0.4) is 0 Å². The van der Waals surface area contributed by atoms with Crippen molar-refractivity contribution in [1.82, 2.24) is 5.32 Å². The summed E-state index contributed by atoms with van der Waals surface area (Å²) in [4.78, 5) is 13.6. The van der Waals surface area contributed by atoms with Crippen LogP contribution in [-0.2, 0) is 16.0 Å². The van der Waals surface area contributed by atoms with E-state index in [9.17, 15) is 9.18 Å². The van der Waals surface area contributed by atoms with Crippen LogP contribution >= 0.6 is 0 Å². The van der Waals surface area contributed by atoms with E-state index in [-0.39, 0.29) is 11.8 Å². The van der Waals surface area contributed by atoms with Gasteiger partial charge in [-0.3, -0.25) is 4.79 Å². The van der Waals surface area contributed by atoms with Crippen molar-refractivity contribution in [2.24, 2.45) is 0 Å². The molecule has 1 aliphatic carbocycles. The molecule has 4 rings (SSSR count). The second-order valence-corrected chi connectivity index (χ2v) is 7.78. The summed E-state index contributed by atoms with van der Waals surface area (Å²) in [6.07, 6.45) is 5.48. The molecule has 2 aromatic rings. The number of methoxy groups -OCH3 is 1. The third-order valence-electron chi connectivity index (χ3n) is 5.89. The first-order valence-electron chi connectivity index (χ1n) is 10.3. The van der Waals surface area contributed by atoms with Gasteiger partial charge < -0.3 is 15.0 Å². The minimum Gasteiger partial charge on any atom is -0.469 e. The average Bonchev–Trinajstić information content (AvgIpc) is 3.17. The van der Waals surface area contributed by atoms with E-state index in [1.165, 1.54) is 35.6 Å². The lowest BCUT2D eigenvalue weighted by Crippen LogP contribution is -2.43. The summed E-state index contributed by atoms with van der Waals surface area (Å²) in [6.45, 7) is 2.65. The molecule has 2 aromatic carbocycles. The fraction of sp³-hybridized carbons (Fsp3) is 0.375. The van der Waals surface area contributed by atoms with Gasteiger partial charge in [0, 0.05) is 31.4 Å². The summed E-state index contributed by atoms with van der Waals surface area (Å²) in [5, 5.41) is 3.46. The minimum atomic E-state index is -0.182. The van der Waals surface area contributed by atoms with Crippen molar-refractivity contribution in [3.63, 3.8) is 0 Å². The van der Waals surface area contributed by atoms with Crippen LogP contribution in [0.5, 0.6) is 0 Å². The van der Waals surface area contributed by atoms with Gasteiger partial charge in [-0.25, -0.2) is 4.39 Å². The monoisotopic (exact) mass is 394 g/mol. The first-order chi connectivity index (χ1) is 14.1. The normalized spacial score (nSPS) is 16.5. The Hall–Kier alpha value is -2.66. The number of fused-ring (bicyclic) bond motifs is 1. The van der Waals surface area contributed by atoms with E-state index in [0.717, 1.165) is 37.9 Å². The molecule has 1 aliphatic heterocycles. The van der Waals surface area contributed by atoms with Crippen LogP contribution in [-0.4, -0.2) is 38.8 Å². The van der Waals surface area contributed by atoms with Gasteiger partial charge in [-0.2, -0.15) is 0 Å². The zero-order chi connectivity index (χ0) is 20.2. The summed E-state index contributed by atoms with van der Waals surface area (Å²) in [7, 11) is 1.42. The molecule has 0 amide bonds. The van der Waals surface area contributed by atoms with Crippen molar-refractivity contribution in [1.29, 1.82) is 0 Å². The number of carbonyl (C=O) groups is 1. The van der Waals surface area contributed by atoms with Crippen molar-refractivity contribution in [2.75, 3.05) is 31.6 Å². The molecule has 0 bridgehead atoms. The Morgan fingerprint density at radius 3 is 2.83 bits per heavy atom. The standard InChI is InChI=1S/C24H27FN2O2/c1-29-24(28)7-10-26-22-8-11-27(12-9-22)23-4-2-3-17(16-23)19-13-18-5-6-21(25)15-20(18)14-19/h2-6,14-16,22,26H,7-13H2,1H3. The molecular formula is C24H27FN2O2. The minimum absolute atomic E-state index is 0.169. The van der Waals surface area contributed by atoms with E-state index < -0.39 is 0 Å². The molecule has 0 aromatic heterocycles. The van der Waals surface area contributed by atoms with Crippen LogP contribution in [0, 0.1) is 5.82 Å². The lowest BCUT2D eigenvalue weighted by molar-refractivity contribution is -0.140. The number of carbonyl (C=O) groups excluding carboxylic acids is 1. The summed E-state index contributed by atoms with van der Waals surface area (Å²) < 4.78 is 18.2. The lowest BCUT2D eigenvalue weighted by atomic mass is 10.0. The second kappa shape index (κ2) is 8.78. The van der Waals surface area contributed by atoms with Crippen molar-refractivity contribution >= 4 is 23.3 Å². The van der Waals surface area contributed by atoms with Gasteiger partial charge in [0.2, 0.25) is 0 Å². The molecule has 4 nitrogen and oxygen atoms in total. The number of piperidine rings is 1. The second-order valence-electron chi connectivity index (χ2n) is 7.78. The maximum Gasteiger partial charge on any atom is 0.306 e. The topological polar surface area (TPSA) is 41.6 Å². The number of benzene rings is 2. The van der Waals surface area contributed by atoms with Gasteiger partial charge in [-0.1, -0.05) is 24.3 Å². The summed E-state index contributed by atoms with van der Waals surface area (Å²) in [6, 6.07) is 14.1. The molecule has 1 fully saturated rings. The SMILES string of the molecule is COC(=O)CCNC1CCN(c2cccc(C3=Cc4cc(F)ccc4C3)c2)CC1. The molecule has 1 saturated heterocycles. The Labute approximate surface area is 171 Å². The molecule has 0 spiro atoms. The molecule has 0 radical (unpaired) electrons. The van der Waals surface area contributed by atoms with Crippen LogP contribution in [0.2, 0.25) is 0 Å². The first-order valence-corrected chi connectivity index (χ1v) is 10.3. The molecule has 0 saturated carbocycles. The van der Waals surface area contributed by atoms with Crippen LogP contribution < -0.4 is 10.2 Å². The highest BCUT2D eigenvalue weighted by atomic mass is 19.1. The zero-order valence-electron chi connectivity index (χ0n) is 16.8. The number of esters is 1. The first kappa shape index (κ1) is 19.6. The van der Waals surface area contributed by atoms with Crippen LogP contribution in [0.15, 0.2) is 42.5 Å². The van der Waals surface area contributed by atoms with Gasteiger partial charge in [-0.05, 0) is 65.8 Å². The fourth-order valence-corrected chi connectivity index (χ4v) is 4.22. The van der Waals surface area contributed by atoms with Crippen molar-refractivity contribution in [3.05, 3.63) is 65.0 Å². The van der Waals surface area contributed by atoms with Gasteiger partial charge in [0.1, 0.15) is 5.82 Å². The maximum absolute atomic E-state index is 13.5. The van der Waals surface area contributed by atoms with Gasteiger partial charge in [0.05, 0.1) is 13.5 Å². The number of halogens is 1. The third-order valence-corrected chi connectivity index (χ3v) is 5.89. The van der Waals surface area contributed by atoms with Crippen LogP contribution in [0.1, 0.15) is 36.0 Å². The number of allylic oxidation sites excluding steroid dienone is 1. The Balaban J connectivity index is 1.36. The Morgan fingerprint density at radius 2 is 2.03 bits per heavy atom. The van der Waals surface area contributed by atoms with Crippen molar-refractivity contribution < 1.29 is 13.9 Å². The highest BCUT2D eigenvalue weighted by Crippen LogP contribution is 2.33. The largest absolute Gasteiger partial charge is 0.469 e. The number of hydrogen-bond acceptors (Lipinski definition) is 4. The van der Waals surface area contributed by atoms with E-state index in [1.807, 2.05) is 6.07 Å². The van der Waals surface area contributed by atoms with E-state index >= 15 is 0 Å². The molecule has 29 heavy (non-hydrogen) atoms. The lowest BCUT2D eigenvalue weighted by Gasteiger charge is -2.34. The molecule has 1 N–H and O–H groups in total. The van der Waals surface area contributed by atoms with Gasteiger partial charge in [-0.15, -0.1) is 0 Å². The number of rotatable bonds is 6. The number of nitrogens with one attached hydrogen (secondary N) is 1. The van der Waals surface area contributed by atoms with Crippen molar-refractivity contribution in [3.8, 4) is 0 Å². The van der Waals surface area contributed by atoms with Crippen molar-refractivity contribution in [2.45, 2.75) is 31.7 Å². The van der Waals surface area contributed by atoms with Gasteiger partial charge in [0.25, 0.3) is 0 Å². The highest BCUT2D eigenvalue weighted by Gasteiger charge is 2.20. The Kier molecular flexibility index (Phi) is 5.95. The summed E-state index contributed by atoms with van der Waals surface area (Å²) in [5.41, 5.74) is 5.86. The van der Waals surface area contributed by atoms with E-state index in [4.69, 9.17) is 0 Å². The number of hydrogen-bond donors (Lipinski definition) is 1. The predicted octanol–water partition coefficient (Wildman–Crippen LogP) is 4.04. The van der Waals surface area contributed by atoms with Gasteiger partial charge in [0.15, 0.2) is 0 Å². The molecule has 0 unspecified atom stereocenters. The van der Waals surface area contributed by atoms with Crippen LogP contribution in [0.4, 0.5) is 10.1 Å². The Bertz CT molecular complexity index is 917. The number of nitrogens with zero attached hydrogens (tertiary/aromatic N) is 1. The van der Waals surface area contributed by atoms with E-state index in [2.05, 4.69) is 45.3 Å². The quantitative estimate of drug-likeness (QED) is 0.751. The van der Waals surface area contributed by atoms with Gasteiger partial charge >= 0.3 is 5.97 Å². The summed E-state index contributed by atoms with van der Waals surface area (Å²) >= 11 is 0. The summed E-state index contributed by atoms with van der Waals surface area (Å²) in [5.74, 6) is -0.351. The smallest absolute Gasteiger partial charge is 0.306 e. The third kappa shape index (κ3) is 4.67. The van der Waals surface area contributed by atoms with Crippen LogP contribution in [0.25, 0.3) is 11.6 Å².